The minimum atomic E-state index is -0.345. The van der Waals surface area contributed by atoms with Crippen LogP contribution in [-0.2, 0) is 0 Å². The highest BCUT2D eigenvalue weighted by Gasteiger charge is 2.18. The fourth-order valence-electron chi connectivity index (χ4n) is 2.01. The molecule has 0 amide bonds. The second-order valence-corrected chi connectivity index (χ2v) is 6.66. The van der Waals surface area contributed by atoms with Crippen molar-refractivity contribution in [3.05, 3.63) is 61.0 Å². The van der Waals surface area contributed by atoms with Crippen LogP contribution < -0.4 is 10.5 Å². The molecule has 2 aromatic carbocycles. The molecule has 1 unspecified atom stereocenters. The molecule has 0 aromatic heterocycles. The third-order valence-corrected chi connectivity index (χ3v) is 4.82. The summed E-state index contributed by atoms with van der Waals surface area (Å²) in [5.74, 6) is 0.761. The van der Waals surface area contributed by atoms with Crippen LogP contribution in [-0.4, -0.2) is 7.11 Å². The number of halogens is 3. The van der Waals surface area contributed by atoms with Gasteiger partial charge in [-0.25, -0.2) is 0 Å². The Morgan fingerprint density at radius 2 is 1.85 bits per heavy atom. The highest BCUT2D eigenvalue weighted by molar-refractivity contribution is 9.10. The second-order valence-electron chi connectivity index (χ2n) is 4.49. The quantitative estimate of drug-likeness (QED) is 0.739. The maximum atomic E-state index is 6.36. The van der Waals surface area contributed by atoms with Gasteiger partial charge in [0.1, 0.15) is 5.75 Å². The number of methoxy groups -OCH3 is 1. The lowest BCUT2D eigenvalue weighted by Gasteiger charge is -2.19. The molecule has 2 N–H and O–H groups in total. The topological polar surface area (TPSA) is 35.2 Å². The molecule has 0 spiro atoms. The molecule has 20 heavy (non-hydrogen) atoms. The van der Waals surface area contributed by atoms with Gasteiger partial charge in [0, 0.05) is 19.5 Å². The largest absolute Gasteiger partial charge is 0.496 e. The van der Waals surface area contributed by atoms with Gasteiger partial charge >= 0.3 is 0 Å². The van der Waals surface area contributed by atoms with E-state index in [0.717, 1.165) is 31.4 Å². The molecular weight excluding hydrogens is 405 g/mol. The summed E-state index contributed by atoms with van der Waals surface area (Å²) < 4.78 is 7.36. The maximum Gasteiger partial charge on any atom is 0.124 e. The molecule has 0 fully saturated rings. The van der Waals surface area contributed by atoms with Gasteiger partial charge in [-0.15, -0.1) is 0 Å². The molecule has 2 aromatic rings. The van der Waals surface area contributed by atoms with Crippen molar-refractivity contribution in [3.8, 4) is 5.75 Å². The van der Waals surface area contributed by atoms with Crippen LogP contribution in [0.1, 0.15) is 22.7 Å². The maximum absolute atomic E-state index is 6.36. The summed E-state index contributed by atoms with van der Waals surface area (Å²) in [6.45, 7) is 2.01. The van der Waals surface area contributed by atoms with Gasteiger partial charge in [0.2, 0.25) is 0 Å². The third-order valence-electron chi connectivity index (χ3n) is 3.14. The standard InChI is InChI=1S/C15H14Br2ClNO/c1-8-5-14(20-2)11(7-12(8)17)15(19)10-4-3-9(16)6-13(10)18/h3-7,15H,19H2,1-2H3. The predicted octanol–water partition coefficient (Wildman–Crippen LogP) is 5.23. The van der Waals surface area contributed by atoms with Crippen LogP contribution in [0.3, 0.4) is 0 Å². The Kier molecular flexibility index (Phi) is 5.13. The normalized spacial score (nSPS) is 12.3. The van der Waals surface area contributed by atoms with Gasteiger partial charge in [-0.05, 0) is 42.3 Å². The van der Waals surface area contributed by atoms with Crippen LogP contribution in [0.5, 0.6) is 5.75 Å². The molecule has 0 heterocycles. The molecule has 0 radical (unpaired) electrons. The number of hydrogen-bond donors (Lipinski definition) is 1. The molecule has 106 valence electrons. The summed E-state index contributed by atoms with van der Waals surface area (Å²) in [4.78, 5) is 0. The van der Waals surface area contributed by atoms with E-state index in [2.05, 4.69) is 31.9 Å². The molecule has 0 saturated heterocycles. The van der Waals surface area contributed by atoms with E-state index in [0.29, 0.717) is 5.02 Å². The van der Waals surface area contributed by atoms with Gasteiger partial charge in [-0.3, -0.25) is 0 Å². The number of aryl methyl sites for hydroxylation is 1. The van der Waals surface area contributed by atoms with Crippen LogP contribution in [0.25, 0.3) is 0 Å². The van der Waals surface area contributed by atoms with E-state index in [4.69, 9.17) is 22.1 Å². The molecule has 0 saturated carbocycles. The summed E-state index contributed by atoms with van der Waals surface area (Å²) in [7, 11) is 1.64. The van der Waals surface area contributed by atoms with E-state index >= 15 is 0 Å². The van der Waals surface area contributed by atoms with Crippen molar-refractivity contribution >= 4 is 43.5 Å². The Hall–Kier alpha value is -0.550. The van der Waals surface area contributed by atoms with Crippen molar-refractivity contribution in [1.82, 2.24) is 0 Å². The van der Waals surface area contributed by atoms with Gasteiger partial charge in [0.25, 0.3) is 0 Å². The van der Waals surface area contributed by atoms with E-state index in [-0.39, 0.29) is 6.04 Å². The fraction of sp³-hybridized carbons (Fsp3) is 0.200. The van der Waals surface area contributed by atoms with Gasteiger partial charge in [0.15, 0.2) is 0 Å². The molecule has 0 aliphatic carbocycles. The molecular formula is C15H14Br2ClNO. The van der Waals surface area contributed by atoms with Crippen molar-refractivity contribution in [3.63, 3.8) is 0 Å². The predicted molar refractivity (Wildman–Crippen MR) is 90.6 cm³/mol. The summed E-state index contributed by atoms with van der Waals surface area (Å²) in [5.41, 5.74) is 9.22. The monoisotopic (exact) mass is 417 g/mol. The lowest BCUT2D eigenvalue weighted by Crippen LogP contribution is -2.14. The SMILES string of the molecule is COc1cc(C)c(Br)cc1C(N)c1ccc(Br)cc1Cl. The van der Waals surface area contributed by atoms with Crippen molar-refractivity contribution in [1.29, 1.82) is 0 Å². The second kappa shape index (κ2) is 6.48. The zero-order chi connectivity index (χ0) is 14.9. The van der Waals surface area contributed by atoms with Gasteiger partial charge in [0.05, 0.1) is 13.2 Å². The van der Waals surface area contributed by atoms with Gasteiger partial charge < -0.3 is 10.5 Å². The highest BCUT2D eigenvalue weighted by atomic mass is 79.9. The Labute approximate surface area is 140 Å². The molecule has 5 heteroatoms. The van der Waals surface area contributed by atoms with Crippen molar-refractivity contribution < 1.29 is 4.74 Å². The highest BCUT2D eigenvalue weighted by Crippen LogP contribution is 2.36. The lowest BCUT2D eigenvalue weighted by atomic mass is 9.97. The molecule has 0 bridgehead atoms. The van der Waals surface area contributed by atoms with Crippen molar-refractivity contribution in [2.24, 2.45) is 5.73 Å². The summed E-state index contributed by atoms with van der Waals surface area (Å²) in [6, 6.07) is 9.29. The van der Waals surface area contributed by atoms with Crippen LogP contribution in [0.15, 0.2) is 39.3 Å². The van der Waals surface area contributed by atoms with E-state index in [1.165, 1.54) is 0 Å². The first kappa shape index (κ1) is 15.8. The number of nitrogens with two attached hydrogens (primary N) is 1. The summed E-state index contributed by atoms with van der Waals surface area (Å²) >= 11 is 13.2. The summed E-state index contributed by atoms with van der Waals surface area (Å²) in [5, 5.41) is 0.630. The molecule has 0 aliphatic heterocycles. The number of rotatable bonds is 3. The van der Waals surface area contributed by atoms with Gasteiger partial charge in [-0.2, -0.15) is 0 Å². The number of benzene rings is 2. The number of ether oxygens (including phenoxy) is 1. The first-order valence-electron chi connectivity index (χ1n) is 5.98. The van der Waals surface area contributed by atoms with Crippen molar-refractivity contribution in [2.45, 2.75) is 13.0 Å². The first-order chi connectivity index (χ1) is 9.43. The Morgan fingerprint density at radius 3 is 2.45 bits per heavy atom. The van der Waals surface area contributed by atoms with E-state index in [1.807, 2.05) is 37.3 Å². The molecule has 2 rings (SSSR count). The third kappa shape index (κ3) is 3.19. The zero-order valence-corrected chi connectivity index (χ0v) is 15.0. The minimum Gasteiger partial charge on any atom is -0.496 e. The van der Waals surface area contributed by atoms with Gasteiger partial charge in [-0.1, -0.05) is 49.5 Å². The lowest BCUT2D eigenvalue weighted by molar-refractivity contribution is 0.407. The fourth-order valence-corrected chi connectivity index (χ4v) is 3.16. The number of hydrogen-bond acceptors (Lipinski definition) is 2. The molecule has 0 aliphatic rings. The Morgan fingerprint density at radius 1 is 1.15 bits per heavy atom. The molecule has 2 nitrogen and oxygen atoms in total. The van der Waals surface area contributed by atoms with Crippen molar-refractivity contribution in [2.75, 3.05) is 7.11 Å². The smallest absolute Gasteiger partial charge is 0.124 e. The average Bonchev–Trinajstić information content (AvgIpc) is 2.40. The van der Waals surface area contributed by atoms with E-state index in [1.54, 1.807) is 7.11 Å². The van der Waals surface area contributed by atoms with Crippen LogP contribution in [0.2, 0.25) is 5.02 Å². The zero-order valence-electron chi connectivity index (χ0n) is 11.1. The van der Waals surface area contributed by atoms with Crippen LogP contribution in [0, 0.1) is 6.92 Å². The first-order valence-corrected chi connectivity index (χ1v) is 7.95. The van der Waals surface area contributed by atoms with E-state index in [9.17, 15) is 0 Å². The summed E-state index contributed by atoms with van der Waals surface area (Å²) in [6.07, 6.45) is 0. The Balaban J connectivity index is 2.52. The van der Waals surface area contributed by atoms with Crippen LogP contribution >= 0.6 is 43.5 Å². The Bertz CT molecular complexity index is 646. The van der Waals surface area contributed by atoms with E-state index < -0.39 is 0 Å². The average molecular weight is 420 g/mol. The minimum absolute atomic E-state index is 0.345. The van der Waals surface area contributed by atoms with Crippen LogP contribution in [0.4, 0.5) is 0 Å². The molecule has 1 atom stereocenters.